The first-order valence-electron chi connectivity index (χ1n) is 11.5. The van der Waals surface area contributed by atoms with Crippen molar-refractivity contribution >= 4 is 45.0 Å². The molecule has 0 radical (unpaired) electrons. The molecule has 5 rings (SSSR count). The van der Waals surface area contributed by atoms with Crippen LogP contribution in [0.1, 0.15) is 37.1 Å². The van der Waals surface area contributed by atoms with E-state index in [-0.39, 0.29) is 44.0 Å². The first kappa shape index (κ1) is 23.3. The monoisotopic (exact) mass is 495 g/mol. The summed E-state index contributed by atoms with van der Waals surface area (Å²) in [6.07, 6.45) is 4.34. The van der Waals surface area contributed by atoms with Gasteiger partial charge in [0.25, 0.3) is 0 Å². The molecular formula is C25H24ClF2N7. The van der Waals surface area contributed by atoms with Crippen LogP contribution in [0.15, 0.2) is 18.2 Å². The number of aromatic nitrogens is 3. The molecule has 0 atom stereocenters. The number of rotatable bonds is 4. The minimum absolute atomic E-state index is 0.00764. The molecule has 4 aromatic rings. The molecule has 180 valence electrons. The lowest BCUT2D eigenvalue weighted by Gasteiger charge is -2.24. The van der Waals surface area contributed by atoms with Crippen LogP contribution in [0.2, 0.25) is 5.02 Å². The normalized spacial score (nSPS) is 14.4. The van der Waals surface area contributed by atoms with Crippen LogP contribution < -0.4 is 16.0 Å². The number of anilines is 2. The Morgan fingerprint density at radius 1 is 1.20 bits per heavy atom. The Kier molecular flexibility index (Phi) is 6.17. The standard InChI is InChI=1S/C25H24ClF2N7/c1-31-12-18-32-22-14(25(33-18)35-8-4-2-3-5-9-35)10-16(26)20(21(22)28)13-6-7-17(27)23-19(13)15(11-29)24(30)34-23/h6-7,10,31,34H,2-5,8-9,12,30H2,1H3. The molecule has 0 amide bonds. The number of aromatic amines is 1. The van der Waals surface area contributed by atoms with E-state index in [1.165, 1.54) is 12.1 Å². The first-order valence-corrected chi connectivity index (χ1v) is 11.9. The number of benzene rings is 2. The van der Waals surface area contributed by atoms with E-state index in [2.05, 4.69) is 20.2 Å². The Morgan fingerprint density at radius 2 is 1.94 bits per heavy atom. The molecule has 2 aromatic heterocycles. The number of nitrogens with zero attached hydrogens (tertiary/aromatic N) is 4. The van der Waals surface area contributed by atoms with Gasteiger partial charge < -0.3 is 20.9 Å². The number of nitrogens with two attached hydrogens (primary N) is 1. The number of H-pyrrole nitrogens is 1. The van der Waals surface area contributed by atoms with Gasteiger partial charge in [0, 0.05) is 29.4 Å². The molecular weight excluding hydrogens is 472 g/mol. The summed E-state index contributed by atoms with van der Waals surface area (Å²) in [6, 6.07) is 6.26. The lowest BCUT2D eigenvalue weighted by Crippen LogP contribution is -2.26. The highest BCUT2D eigenvalue weighted by atomic mass is 35.5. The van der Waals surface area contributed by atoms with E-state index in [0.717, 1.165) is 38.8 Å². The lowest BCUT2D eigenvalue weighted by atomic mass is 9.97. The van der Waals surface area contributed by atoms with E-state index >= 15 is 4.39 Å². The molecule has 1 aliphatic rings. The van der Waals surface area contributed by atoms with E-state index in [1.54, 1.807) is 13.1 Å². The van der Waals surface area contributed by atoms with Crippen LogP contribution in [-0.2, 0) is 6.54 Å². The molecule has 2 aromatic carbocycles. The second-order valence-corrected chi connectivity index (χ2v) is 9.12. The number of hydrogen-bond donors (Lipinski definition) is 3. The maximum absolute atomic E-state index is 16.3. The summed E-state index contributed by atoms with van der Waals surface area (Å²) in [5, 5.41) is 13.5. The second-order valence-electron chi connectivity index (χ2n) is 8.71. The molecule has 0 spiro atoms. The zero-order chi connectivity index (χ0) is 24.7. The summed E-state index contributed by atoms with van der Waals surface area (Å²) in [4.78, 5) is 14.1. The highest BCUT2D eigenvalue weighted by molar-refractivity contribution is 6.35. The summed E-state index contributed by atoms with van der Waals surface area (Å²) in [5.41, 5.74) is 6.40. The maximum atomic E-state index is 16.3. The third-order valence-electron chi connectivity index (χ3n) is 6.46. The van der Waals surface area contributed by atoms with Gasteiger partial charge >= 0.3 is 0 Å². The van der Waals surface area contributed by atoms with Crippen molar-refractivity contribution in [1.29, 1.82) is 5.26 Å². The number of halogens is 3. The van der Waals surface area contributed by atoms with Crippen LogP contribution in [0.5, 0.6) is 0 Å². The highest BCUT2D eigenvalue weighted by Crippen LogP contribution is 2.42. The Hall–Kier alpha value is -3.48. The van der Waals surface area contributed by atoms with Crippen LogP contribution in [0, 0.1) is 23.0 Å². The highest BCUT2D eigenvalue weighted by Gasteiger charge is 2.25. The van der Waals surface area contributed by atoms with Crippen LogP contribution in [0.3, 0.4) is 0 Å². The average Bonchev–Trinajstić information content (AvgIpc) is 2.99. The molecule has 7 nitrogen and oxygen atoms in total. The van der Waals surface area contributed by atoms with Crippen LogP contribution in [0.25, 0.3) is 32.9 Å². The quantitative estimate of drug-likeness (QED) is 0.356. The van der Waals surface area contributed by atoms with Crippen molar-refractivity contribution in [3.8, 4) is 17.2 Å². The van der Waals surface area contributed by atoms with Crippen molar-refractivity contribution in [2.75, 3.05) is 30.8 Å². The van der Waals surface area contributed by atoms with Crippen LogP contribution in [0.4, 0.5) is 20.4 Å². The minimum atomic E-state index is -0.653. The molecule has 0 bridgehead atoms. The topological polar surface area (TPSA) is 107 Å². The van der Waals surface area contributed by atoms with Gasteiger partial charge in [-0.3, -0.25) is 0 Å². The van der Waals surface area contributed by atoms with Gasteiger partial charge in [-0.15, -0.1) is 0 Å². The maximum Gasteiger partial charge on any atom is 0.158 e. The summed E-state index contributed by atoms with van der Waals surface area (Å²) in [7, 11) is 1.78. The second kappa shape index (κ2) is 9.29. The SMILES string of the molecule is CNCc1nc(N2CCCCCC2)c2cc(Cl)c(-c3ccc(F)c4[nH]c(N)c(C#N)c34)c(F)c2n1. The van der Waals surface area contributed by atoms with Gasteiger partial charge in [-0.1, -0.05) is 30.5 Å². The number of fused-ring (bicyclic) bond motifs is 2. The van der Waals surface area contributed by atoms with Gasteiger partial charge in [0.15, 0.2) is 5.82 Å². The van der Waals surface area contributed by atoms with Crippen molar-refractivity contribution in [2.45, 2.75) is 32.2 Å². The molecule has 0 unspecified atom stereocenters. The zero-order valence-electron chi connectivity index (χ0n) is 19.2. The van der Waals surface area contributed by atoms with Crippen molar-refractivity contribution in [2.24, 2.45) is 0 Å². The van der Waals surface area contributed by atoms with Gasteiger partial charge in [-0.2, -0.15) is 5.26 Å². The number of nitrogens with one attached hydrogen (secondary N) is 2. The van der Waals surface area contributed by atoms with Crippen molar-refractivity contribution in [3.05, 3.63) is 46.2 Å². The zero-order valence-corrected chi connectivity index (χ0v) is 19.9. The predicted molar refractivity (Wildman–Crippen MR) is 134 cm³/mol. The largest absolute Gasteiger partial charge is 0.384 e. The molecule has 0 aliphatic carbocycles. The minimum Gasteiger partial charge on any atom is -0.384 e. The molecule has 10 heteroatoms. The fraction of sp³-hybridized carbons (Fsp3) is 0.320. The third-order valence-corrected chi connectivity index (χ3v) is 6.76. The summed E-state index contributed by atoms with van der Waals surface area (Å²) in [6.45, 7) is 2.00. The molecule has 1 aliphatic heterocycles. The Morgan fingerprint density at radius 3 is 2.63 bits per heavy atom. The summed E-state index contributed by atoms with van der Waals surface area (Å²) < 4.78 is 30.8. The van der Waals surface area contributed by atoms with Crippen LogP contribution in [-0.4, -0.2) is 35.1 Å². The van der Waals surface area contributed by atoms with Gasteiger partial charge in [-0.25, -0.2) is 18.7 Å². The van der Waals surface area contributed by atoms with Gasteiger partial charge in [0.1, 0.15) is 40.4 Å². The van der Waals surface area contributed by atoms with Crippen LogP contribution >= 0.6 is 11.6 Å². The fourth-order valence-corrected chi connectivity index (χ4v) is 5.14. The van der Waals surface area contributed by atoms with E-state index in [9.17, 15) is 9.65 Å². The van der Waals surface area contributed by atoms with Gasteiger partial charge in [0.05, 0.1) is 17.1 Å². The molecule has 1 fully saturated rings. The molecule has 1 saturated heterocycles. The molecule has 4 N–H and O–H groups in total. The number of nitrogen functional groups attached to an aromatic ring is 1. The third kappa shape index (κ3) is 3.93. The first-order chi connectivity index (χ1) is 16.9. The fourth-order valence-electron chi connectivity index (χ4n) is 4.85. The molecule has 35 heavy (non-hydrogen) atoms. The molecule has 3 heterocycles. The summed E-state index contributed by atoms with van der Waals surface area (Å²) >= 11 is 6.69. The smallest absolute Gasteiger partial charge is 0.158 e. The Balaban J connectivity index is 1.81. The van der Waals surface area contributed by atoms with Crippen molar-refractivity contribution < 1.29 is 8.78 Å². The van der Waals surface area contributed by atoms with Crippen molar-refractivity contribution in [3.63, 3.8) is 0 Å². The number of nitriles is 1. The Bertz CT molecular complexity index is 1480. The molecule has 0 saturated carbocycles. The van der Waals surface area contributed by atoms with Gasteiger partial charge in [-0.05, 0) is 37.6 Å². The van der Waals surface area contributed by atoms with E-state index in [4.69, 9.17) is 22.3 Å². The predicted octanol–water partition coefficient (Wildman–Crippen LogP) is 5.26. The lowest BCUT2D eigenvalue weighted by molar-refractivity contribution is 0.635. The van der Waals surface area contributed by atoms with Crippen molar-refractivity contribution in [1.82, 2.24) is 20.3 Å². The summed E-state index contributed by atoms with van der Waals surface area (Å²) in [5.74, 6) is -0.133. The Labute approximate surface area is 205 Å². The average molecular weight is 496 g/mol. The van der Waals surface area contributed by atoms with Gasteiger partial charge in [0.2, 0.25) is 0 Å². The van der Waals surface area contributed by atoms with E-state index < -0.39 is 11.6 Å². The number of hydrogen-bond acceptors (Lipinski definition) is 6. The van der Waals surface area contributed by atoms with E-state index in [1.807, 2.05) is 6.07 Å². The van der Waals surface area contributed by atoms with E-state index in [0.29, 0.717) is 23.6 Å².